The van der Waals surface area contributed by atoms with Gasteiger partial charge in [0.2, 0.25) is 0 Å². The van der Waals surface area contributed by atoms with Crippen molar-refractivity contribution in [2.45, 2.75) is 57.7 Å². The van der Waals surface area contributed by atoms with E-state index in [4.69, 9.17) is 15.0 Å². The SMILES string of the molecule is Cc1noc([C@@H]2CC[C@H](CN=C(N)N3CCCCCC3)O2)n1. The Labute approximate surface area is 130 Å². The standard InChI is InChI=1S/C15H25N5O2/c1-11-18-14(22-19-11)13-7-6-12(21-13)10-17-15(16)20-8-4-2-3-5-9-20/h12-13H,2-10H2,1H3,(H2,16,17)/t12-,13+/m1/s1. The van der Waals surface area contributed by atoms with Crippen molar-refractivity contribution in [3.8, 4) is 0 Å². The number of aliphatic imine (C=N–C) groups is 1. The number of nitrogens with zero attached hydrogens (tertiary/aromatic N) is 4. The Morgan fingerprint density at radius 1 is 1.27 bits per heavy atom. The molecule has 0 aliphatic carbocycles. The number of hydrogen-bond donors (Lipinski definition) is 1. The molecule has 0 radical (unpaired) electrons. The molecular formula is C15H25N5O2. The molecule has 1 aromatic rings. The van der Waals surface area contributed by atoms with Crippen LogP contribution in [0.15, 0.2) is 9.52 Å². The molecule has 7 nitrogen and oxygen atoms in total. The van der Waals surface area contributed by atoms with Gasteiger partial charge in [-0.15, -0.1) is 0 Å². The lowest BCUT2D eigenvalue weighted by Gasteiger charge is -2.21. The molecule has 2 saturated heterocycles. The average Bonchev–Trinajstić information content (AvgIpc) is 3.06. The predicted molar refractivity (Wildman–Crippen MR) is 82.4 cm³/mol. The van der Waals surface area contributed by atoms with Crippen LogP contribution < -0.4 is 5.73 Å². The molecule has 2 atom stereocenters. The van der Waals surface area contributed by atoms with Gasteiger partial charge in [-0.25, -0.2) is 0 Å². The van der Waals surface area contributed by atoms with Crippen molar-refractivity contribution in [2.24, 2.45) is 10.7 Å². The van der Waals surface area contributed by atoms with Gasteiger partial charge in [0.05, 0.1) is 12.6 Å². The summed E-state index contributed by atoms with van der Waals surface area (Å²) in [5, 5.41) is 3.81. The van der Waals surface area contributed by atoms with Gasteiger partial charge in [-0.2, -0.15) is 4.98 Å². The molecule has 0 aromatic carbocycles. The van der Waals surface area contributed by atoms with Crippen LogP contribution in [0.5, 0.6) is 0 Å². The average molecular weight is 307 g/mol. The maximum absolute atomic E-state index is 6.12. The van der Waals surface area contributed by atoms with Crippen molar-refractivity contribution in [1.29, 1.82) is 0 Å². The largest absolute Gasteiger partial charge is 0.370 e. The second-order valence-electron chi connectivity index (χ2n) is 6.10. The highest BCUT2D eigenvalue weighted by Crippen LogP contribution is 2.31. The second kappa shape index (κ2) is 7.09. The third kappa shape index (κ3) is 3.76. The van der Waals surface area contributed by atoms with E-state index in [1.54, 1.807) is 0 Å². The van der Waals surface area contributed by atoms with Gasteiger partial charge < -0.3 is 19.9 Å². The van der Waals surface area contributed by atoms with Gasteiger partial charge in [-0.1, -0.05) is 18.0 Å². The number of aryl methyl sites for hydroxylation is 1. The zero-order valence-electron chi connectivity index (χ0n) is 13.2. The van der Waals surface area contributed by atoms with E-state index in [0.29, 0.717) is 24.2 Å². The summed E-state index contributed by atoms with van der Waals surface area (Å²) < 4.78 is 11.1. The maximum atomic E-state index is 6.12. The molecule has 7 heteroatoms. The van der Waals surface area contributed by atoms with Crippen LogP contribution in [0.25, 0.3) is 0 Å². The lowest BCUT2D eigenvalue weighted by Crippen LogP contribution is -2.38. The van der Waals surface area contributed by atoms with Gasteiger partial charge in [-0.05, 0) is 32.6 Å². The van der Waals surface area contributed by atoms with Crippen LogP contribution >= 0.6 is 0 Å². The molecule has 0 saturated carbocycles. The van der Waals surface area contributed by atoms with E-state index in [0.717, 1.165) is 25.9 Å². The third-order valence-electron chi connectivity index (χ3n) is 4.31. The Balaban J connectivity index is 1.50. The summed E-state index contributed by atoms with van der Waals surface area (Å²) in [6.45, 7) is 4.45. The molecule has 3 heterocycles. The van der Waals surface area contributed by atoms with E-state index in [2.05, 4.69) is 20.0 Å². The lowest BCUT2D eigenvalue weighted by molar-refractivity contribution is 0.0308. The van der Waals surface area contributed by atoms with Crippen molar-refractivity contribution >= 4 is 5.96 Å². The minimum atomic E-state index is -0.0965. The Morgan fingerprint density at radius 2 is 2.05 bits per heavy atom. The fraction of sp³-hybridized carbons (Fsp3) is 0.800. The molecule has 2 fully saturated rings. The fourth-order valence-corrected chi connectivity index (χ4v) is 3.06. The van der Waals surface area contributed by atoms with Gasteiger partial charge in [0.25, 0.3) is 5.89 Å². The summed E-state index contributed by atoms with van der Waals surface area (Å²) >= 11 is 0. The van der Waals surface area contributed by atoms with Crippen LogP contribution in [-0.4, -0.2) is 46.7 Å². The first-order valence-electron chi connectivity index (χ1n) is 8.23. The molecule has 2 N–H and O–H groups in total. The first-order chi connectivity index (χ1) is 10.7. The monoisotopic (exact) mass is 307 g/mol. The Hall–Kier alpha value is -1.63. The van der Waals surface area contributed by atoms with Crippen LogP contribution in [0, 0.1) is 6.92 Å². The first-order valence-corrected chi connectivity index (χ1v) is 8.23. The van der Waals surface area contributed by atoms with Crippen molar-refractivity contribution in [1.82, 2.24) is 15.0 Å². The summed E-state index contributed by atoms with van der Waals surface area (Å²) in [6.07, 6.45) is 6.82. The molecule has 0 amide bonds. The minimum absolute atomic E-state index is 0.0859. The molecule has 122 valence electrons. The van der Waals surface area contributed by atoms with Crippen LogP contribution in [0.4, 0.5) is 0 Å². The molecule has 22 heavy (non-hydrogen) atoms. The zero-order valence-corrected chi connectivity index (χ0v) is 13.2. The van der Waals surface area contributed by atoms with Gasteiger partial charge in [0.15, 0.2) is 11.8 Å². The molecule has 3 rings (SSSR count). The normalized spacial score (nSPS) is 27.1. The number of aromatic nitrogens is 2. The smallest absolute Gasteiger partial charge is 0.255 e. The highest BCUT2D eigenvalue weighted by molar-refractivity contribution is 5.78. The second-order valence-corrected chi connectivity index (χ2v) is 6.10. The summed E-state index contributed by atoms with van der Waals surface area (Å²) in [7, 11) is 0. The Morgan fingerprint density at radius 3 is 2.73 bits per heavy atom. The molecular weight excluding hydrogens is 282 g/mol. The maximum Gasteiger partial charge on any atom is 0.255 e. The summed E-state index contributed by atoms with van der Waals surface area (Å²) in [5.74, 6) is 1.87. The Bertz CT molecular complexity index is 508. The van der Waals surface area contributed by atoms with Gasteiger partial charge in [0.1, 0.15) is 6.10 Å². The predicted octanol–water partition coefficient (Wildman–Crippen LogP) is 1.79. The number of guanidine groups is 1. The summed E-state index contributed by atoms with van der Waals surface area (Å²) in [4.78, 5) is 11.0. The van der Waals surface area contributed by atoms with E-state index < -0.39 is 0 Å². The number of hydrogen-bond acceptors (Lipinski definition) is 5. The van der Waals surface area contributed by atoms with Gasteiger partial charge in [0, 0.05) is 13.1 Å². The molecule has 0 unspecified atom stereocenters. The van der Waals surface area contributed by atoms with Crippen LogP contribution in [-0.2, 0) is 4.74 Å². The van der Waals surface area contributed by atoms with Crippen LogP contribution in [0.3, 0.4) is 0 Å². The lowest BCUT2D eigenvalue weighted by atomic mass is 10.2. The third-order valence-corrected chi connectivity index (χ3v) is 4.31. The van der Waals surface area contributed by atoms with Crippen LogP contribution in [0.2, 0.25) is 0 Å². The zero-order chi connectivity index (χ0) is 15.4. The number of nitrogens with two attached hydrogens (primary N) is 1. The highest BCUT2D eigenvalue weighted by atomic mass is 16.5. The van der Waals surface area contributed by atoms with Gasteiger partial charge in [-0.3, -0.25) is 4.99 Å². The van der Waals surface area contributed by atoms with E-state index >= 15 is 0 Å². The van der Waals surface area contributed by atoms with Crippen molar-refractivity contribution in [3.05, 3.63) is 11.7 Å². The van der Waals surface area contributed by atoms with E-state index in [1.165, 1.54) is 25.7 Å². The summed E-state index contributed by atoms with van der Waals surface area (Å²) in [5.41, 5.74) is 6.12. The summed E-state index contributed by atoms with van der Waals surface area (Å²) in [6, 6.07) is 0. The minimum Gasteiger partial charge on any atom is -0.370 e. The highest BCUT2D eigenvalue weighted by Gasteiger charge is 2.30. The first kappa shape index (κ1) is 15.3. The molecule has 2 aliphatic heterocycles. The fourth-order valence-electron chi connectivity index (χ4n) is 3.06. The van der Waals surface area contributed by atoms with Crippen molar-refractivity contribution < 1.29 is 9.26 Å². The molecule has 0 spiro atoms. The molecule has 2 aliphatic rings. The van der Waals surface area contributed by atoms with Crippen LogP contribution in [0.1, 0.15) is 56.3 Å². The van der Waals surface area contributed by atoms with Gasteiger partial charge >= 0.3 is 0 Å². The number of rotatable bonds is 3. The van der Waals surface area contributed by atoms with E-state index in [-0.39, 0.29) is 12.2 Å². The van der Waals surface area contributed by atoms with Crippen molar-refractivity contribution in [2.75, 3.05) is 19.6 Å². The van der Waals surface area contributed by atoms with E-state index in [9.17, 15) is 0 Å². The quantitative estimate of drug-likeness (QED) is 0.676. The molecule has 0 bridgehead atoms. The van der Waals surface area contributed by atoms with E-state index in [1.807, 2.05) is 6.92 Å². The Kier molecular flexibility index (Phi) is 4.92. The number of ether oxygens (including phenoxy) is 1. The van der Waals surface area contributed by atoms with Crippen molar-refractivity contribution in [3.63, 3.8) is 0 Å². The topological polar surface area (TPSA) is 89.8 Å². The number of likely N-dealkylation sites (tertiary alicyclic amines) is 1. The molecule has 1 aromatic heterocycles.